The average molecular weight is 378 g/mol. The SMILES string of the molecule is Oc1c(/C=N/c2nc3ccc(C(F)(F)F)cc3s2)sc2ccccc12. The molecule has 3 nitrogen and oxygen atoms in total. The lowest BCUT2D eigenvalue weighted by molar-refractivity contribution is -0.137. The Morgan fingerprint density at radius 3 is 2.60 bits per heavy atom. The van der Waals surface area contributed by atoms with Gasteiger partial charge >= 0.3 is 6.18 Å². The highest BCUT2D eigenvalue weighted by Gasteiger charge is 2.30. The Balaban J connectivity index is 1.69. The minimum absolute atomic E-state index is 0.143. The van der Waals surface area contributed by atoms with Gasteiger partial charge in [-0.3, -0.25) is 0 Å². The lowest BCUT2D eigenvalue weighted by Gasteiger charge is -2.04. The fourth-order valence-corrected chi connectivity index (χ4v) is 4.22. The number of thiazole rings is 1. The number of thiophene rings is 1. The molecule has 0 spiro atoms. The lowest BCUT2D eigenvalue weighted by atomic mass is 10.2. The van der Waals surface area contributed by atoms with Gasteiger partial charge < -0.3 is 5.11 Å². The number of benzene rings is 2. The van der Waals surface area contributed by atoms with E-state index in [0.717, 1.165) is 33.6 Å². The van der Waals surface area contributed by atoms with E-state index in [4.69, 9.17) is 0 Å². The van der Waals surface area contributed by atoms with Gasteiger partial charge in [0.05, 0.1) is 26.9 Å². The predicted molar refractivity (Wildman–Crippen MR) is 95.4 cm³/mol. The van der Waals surface area contributed by atoms with Gasteiger partial charge in [0.25, 0.3) is 0 Å². The first-order valence-corrected chi connectivity index (χ1v) is 8.77. The van der Waals surface area contributed by atoms with Crippen LogP contribution in [0.15, 0.2) is 47.5 Å². The van der Waals surface area contributed by atoms with E-state index in [1.807, 2.05) is 24.3 Å². The third-order valence-corrected chi connectivity index (χ3v) is 5.61. The highest BCUT2D eigenvalue weighted by molar-refractivity contribution is 7.22. The summed E-state index contributed by atoms with van der Waals surface area (Å²) in [5, 5.41) is 11.3. The molecule has 0 amide bonds. The minimum Gasteiger partial charge on any atom is -0.506 e. The maximum absolute atomic E-state index is 12.8. The normalized spacial score (nSPS) is 12.6. The first kappa shape index (κ1) is 16.0. The Morgan fingerprint density at radius 2 is 1.84 bits per heavy atom. The molecule has 2 aromatic heterocycles. The molecule has 0 bridgehead atoms. The van der Waals surface area contributed by atoms with Crippen molar-refractivity contribution in [1.29, 1.82) is 0 Å². The summed E-state index contributed by atoms with van der Waals surface area (Å²) in [5.74, 6) is 0.143. The van der Waals surface area contributed by atoms with Crippen molar-refractivity contribution in [3.05, 3.63) is 52.9 Å². The summed E-state index contributed by atoms with van der Waals surface area (Å²) in [6, 6.07) is 10.8. The monoisotopic (exact) mass is 378 g/mol. The molecule has 2 heterocycles. The number of aromatic hydroxyl groups is 1. The predicted octanol–water partition coefficient (Wildman–Crippen LogP) is 5.99. The fourth-order valence-electron chi connectivity index (χ4n) is 2.40. The highest BCUT2D eigenvalue weighted by Crippen LogP contribution is 2.37. The minimum atomic E-state index is -4.38. The highest BCUT2D eigenvalue weighted by atomic mass is 32.1. The molecule has 0 atom stereocenters. The Bertz CT molecular complexity index is 1110. The molecule has 2 aromatic carbocycles. The summed E-state index contributed by atoms with van der Waals surface area (Å²) in [4.78, 5) is 9.00. The largest absolute Gasteiger partial charge is 0.506 e. The summed E-state index contributed by atoms with van der Waals surface area (Å²) in [6.07, 6.45) is -2.90. The molecule has 25 heavy (non-hydrogen) atoms. The van der Waals surface area contributed by atoms with Gasteiger partial charge in [-0.2, -0.15) is 13.2 Å². The van der Waals surface area contributed by atoms with Gasteiger partial charge in [-0.15, -0.1) is 11.3 Å². The maximum atomic E-state index is 12.8. The molecular formula is C17H9F3N2OS2. The Kier molecular flexibility index (Phi) is 3.73. The van der Waals surface area contributed by atoms with Gasteiger partial charge in [0, 0.05) is 10.1 Å². The molecule has 126 valence electrons. The van der Waals surface area contributed by atoms with Crippen LogP contribution in [0, 0.1) is 0 Å². The van der Waals surface area contributed by atoms with Crippen LogP contribution in [-0.2, 0) is 6.18 Å². The zero-order chi connectivity index (χ0) is 17.6. The summed E-state index contributed by atoms with van der Waals surface area (Å²) in [5.41, 5.74) is -0.243. The van der Waals surface area contributed by atoms with Gasteiger partial charge in [0.2, 0.25) is 5.13 Å². The number of nitrogens with zero attached hydrogens (tertiary/aromatic N) is 2. The number of hydrogen-bond donors (Lipinski definition) is 1. The second-order valence-electron chi connectivity index (χ2n) is 5.25. The van der Waals surface area contributed by atoms with Crippen molar-refractivity contribution in [2.24, 2.45) is 4.99 Å². The molecule has 8 heteroatoms. The van der Waals surface area contributed by atoms with Crippen molar-refractivity contribution in [3.63, 3.8) is 0 Å². The maximum Gasteiger partial charge on any atom is 0.416 e. The van der Waals surface area contributed by atoms with Gasteiger partial charge in [0.15, 0.2) is 0 Å². The van der Waals surface area contributed by atoms with Crippen LogP contribution in [0.5, 0.6) is 5.75 Å². The average Bonchev–Trinajstić information content (AvgIpc) is 3.12. The van der Waals surface area contributed by atoms with Crippen molar-refractivity contribution >= 4 is 54.3 Å². The number of halogens is 3. The van der Waals surface area contributed by atoms with Gasteiger partial charge in [-0.1, -0.05) is 23.5 Å². The summed E-state index contributed by atoms with van der Waals surface area (Å²) < 4.78 is 39.6. The Labute approximate surface area is 147 Å². The van der Waals surface area contributed by atoms with Crippen LogP contribution in [0.2, 0.25) is 0 Å². The van der Waals surface area contributed by atoms with Crippen molar-refractivity contribution in [2.75, 3.05) is 0 Å². The number of rotatable bonds is 2. The Hall–Kier alpha value is -2.45. The topological polar surface area (TPSA) is 45.5 Å². The number of hydrogen-bond acceptors (Lipinski definition) is 5. The van der Waals surface area contributed by atoms with Crippen LogP contribution in [-0.4, -0.2) is 16.3 Å². The van der Waals surface area contributed by atoms with E-state index < -0.39 is 11.7 Å². The van der Waals surface area contributed by atoms with Crippen LogP contribution >= 0.6 is 22.7 Å². The fraction of sp³-hybridized carbons (Fsp3) is 0.0588. The third kappa shape index (κ3) is 2.98. The molecule has 0 fully saturated rings. The molecular weight excluding hydrogens is 369 g/mol. The molecule has 0 saturated heterocycles. The van der Waals surface area contributed by atoms with E-state index >= 15 is 0 Å². The van der Waals surface area contributed by atoms with Crippen molar-refractivity contribution in [3.8, 4) is 5.75 Å². The number of aliphatic imine (C=N–C) groups is 1. The second-order valence-corrected chi connectivity index (χ2v) is 7.34. The van der Waals surface area contributed by atoms with Crippen LogP contribution in [0.25, 0.3) is 20.3 Å². The van der Waals surface area contributed by atoms with Crippen LogP contribution in [0.3, 0.4) is 0 Å². The zero-order valence-electron chi connectivity index (χ0n) is 12.4. The molecule has 4 aromatic rings. The van der Waals surface area contributed by atoms with Crippen LogP contribution in [0.4, 0.5) is 18.3 Å². The summed E-state index contributed by atoms with van der Waals surface area (Å²) >= 11 is 2.46. The van der Waals surface area contributed by atoms with E-state index in [1.54, 1.807) is 0 Å². The van der Waals surface area contributed by atoms with Crippen molar-refractivity contribution < 1.29 is 18.3 Å². The molecule has 1 N–H and O–H groups in total. The molecule has 4 rings (SSSR count). The summed E-state index contributed by atoms with van der Waals surface area (Å²) in [6.45, 7) is 0. The molecule has 0 aliphatic carbocycles. The quantitative estimate of drug-likeness (QED) is 0.436. The molecule has 0 radical (unpaired) electrons. The van der Waals surface area contributed by atoms with E-state index in [0.29, 0.717) is 20.2 Å². The first-order valence-electron chi connectivity index (χ1n) is 7.14. The molecule has 0 unspecified atom stereocenters. The lowest BCUT2D eigenvalue weighted by Crippen LogP contribution is -2.03. The zero-order valence-corrected chi connectivity index (χ0v) is 14.0. The molecule has 0 aliphatic heterocycles. The number of alkyl halides is 3. The van der Waals surface area contributed by atoms with Crippen molar-refractivity contribution in [1.82, 2.24) is 4.98 Å². The molecule has 0 aliphatic rings. The van der Waals surface area contributed by atoms with Crippen LogP contribution < -0.4 is 0 Å². The van der Waals surface area contributed by atoms with Crippen LogP contribution in [0.1, 0.15) is 10.4 Å². The number of aromatic nitrogens is 1. The van der Waals surface area contributed by atoms with E-state index in [9.17, 15) is 18.3 Å². The van der Waals surface area contributed by atoms with Crippen molar-refractivity contribution in [2.45, 2.75) is 6.18 Å². The second kappa shape index (κ2) is 5.82. The molecule has 0 saturated carbocycles. The van der Waals surface area contributed by atoms with E-state index in [1.165, 1.54) is 23.6 Å². The first-order chi connectivity index (χ1) is 11.9. The van der Waals surface area contributed by atoms with E-state index in [2.05, 4.69) is 9.98 Å². The smallest absolute Gasteiger partial charge is 0.416 e. The Morgan fingerprint density at radius 1 is 1.04 bits per heavy atom. The van der Waals surface area contributed by atoms with Gasteiger partial charge in [-0.25, -0.2) is 9.98 Å². The third-order valence-electron chi connectivity index (χ3n) is 3.59. The summed E-state index contributed by atoms with van der Waals surface area (Å²) in [7, 11) is 0. The standard InChI is InChI=1S/C17H9F3N2OS2/c18-17(19,20)9-5-6-11-13(7-9)25-16(22-11)21-8-14-15(23)10-3-1-2-4-12(10)24-14/h1-8,23H/b21-8+. The van der Waals surface area contributed by atoms with Gasteiger partial charge in [-0.05, 0) is 30.3 Å². The van der Waals surface area contributed by atoms with E-state index in [-0.39, 0.29) is 5.75 Å². The number of fused-ring (bicyclic) bond motifs is 2. The van der Waals surface area contributed by atoms with Gasteiger partial charge in [0.1, 0.15) is 5.75 Å².